The molecule has 4 rings (SSSR count). The first-order valence-electron chi connectivity index (χ1n) is 10.1. The highest BCUT2D eigenvalue weighted by molar-refractivity contribution is 6.36. The number of hydrogen-bond donors (Lipinski definition) is 1. The van der Waals surface area contributed by atoms with Crippen LogP contribution in [0.15, 0.2) is 54.2 Å². The average molecular weight is 425 g/mol. The number of carbonyl (C=O) groups is 2. The Hall–Kier alpha value is -3.23. The third-order valence-corrected chi connectivity index (χ3v) is 5.38. The minimum absolute atomic E-state index is 0.141. The van der Waals surface area contributed by atoms with Gasteiger partial charge in [-0.15, -0.1) is 0 Å². The fraction of sp³-hybridized carbons (Fsp3) is 0.304. The number of imide groups is 1. The molecule has 162 valence electrons. The van der Waals surface area contributed by atoms with Gasteiger partial charge >= 0.3 is 0 Å². The third-order valence-electron chi connectivity index (χ3n) is 5.38. The molecular formula is C23H24FN3O4. The van der Waals surface area contributed by atoms with E-state index in [0.717, 1.165) is 13.1 Å². The van der Waals surface area contributed by atoms with Crippen molar-refractivity contribution in [3.05, 3.63) is 65.6 Å². The van der Waals surface area contributed by atoms with Gasteiger partial charge in [-0.05, 0) is 35.9 Å². The zero-order chi connectivity index (χ0) is 21.8. The number of halogens is 1. The normalized spacial score (nSPS) is 17.4. The number of hydrogen-bond acceptors (Lipinski definition) is 6. The summed E-state index contributed by atoms with van der Waals surface area (Å²) in [4.78, 5) is 29.9. The average Bonchev–Trinajstić information content (AvgIpc) is 3.02. The van der Waals surface area contributed by atoms with E-state index in [1.807, 2.05) is 0 Å². The number of morpholine rings is 1. The van der Waals surface area contributed by atoms with Crippen LogP contribution in [0.25, 0.3) is 5.57 Å². The molecule has 2 aliphatic heterocycles. The largest absolute Gasteiger partial charge is 0.497 e. The molecule has 1 saturated heterocycles. The quantitative estimate of drug-likeness (QED) is 0.687. The number of anilines is 1. The fourth-order valence-electron chi connectivity index (χ4n) is 3.70. The van der Waals surface area contributed by atoms with Crippen molar-refractivity contribution in [3.8, 4) is 5.75 Å². The van der Waals surface area contributed by atoms with Crippen LogP contribution in [0.2, 0.25) is 0 Å². The van der Waals surface area contributed by atoms with E-state index in [1.54, 1.807) is 43.5 Å². The van der Waals surface area contributed by atoms with Crippen LogP contribution in [0, 0.1) is 5.82 Å². The maximum Gasteiger partial charge on any atom is 0.278 e. The Labute approximate surface area is 180 Å². The molecule has 0 spiro atoms. The molecule has 2 aliphatic rings. The highest BCUT2D eigenvalue weighted by Gasteiger charge is 2.39. The molecule has 0 radical (unpaired) electrons. The Bertz CT molecular complexity index is 1000. The van der Waals surface area contributed by atoms with Gasteiger partial charge in [0, 0.05) is 31.9 Å². The third kappa shape index (κ3) is 4.60. The standard InChI is InChI=1S/C23H24FN3O4/c1-30-19-7-5-16(6-8-19)20-21(25-18-4-2-3-17(24)15-18)23(29)27(22(20)28)10-9-26-11-13-31-14-12-26/h2-8,15,25H,9-14H2,1H3. The lowest BCUT2D eigenvalue weighted by Crippen LogP contribution is -2.43. The Balaban J connectivity index is 1.62. The van der Waals surface area contributed by atoms with E-state index in [4.69, 9.17) is 9.47 Å². The van der Waals surface area contributed by atoms with Crippen LogP contribution in [0.4, 0.5) is 10.1 Å². The van der Waals surface area contributed by atoms with E-state index < -0.39 is 11.7 Å². The molecule has 0 saturated carbocycles. The molecule has 31 heavy (non-hydrogen) atoms. The molecule has 8 heteroatoms. The lowest BCUT2D eigenvalue weighted by atomic mass is 10.0. The van der Waals surface area contributed by atoms with E-state index in [0.29, 0.717) is 36.8 Å². The number of ether oxygens (including phenoxy) is 2. The number of methoxy groups -OCH3 is 1. The maximum atomic E-state index is 13.7. The van der Waals surface area contributed by atoms with Crippen molar-refractivity contribution >= 4 is 23.1 Å². The van der Waals surface area contributed by atoms with Gasteiger partial charge in [-0.25, -0.2) is 4.39 Å². The van der Waals surface area contributed by atoms with Crippen molar-refractivity contribution in [1.29, 1.82) is 0 Å². The lowest BCUT2D eigenvalue weighted by molar-refractivity contribution is -0.137. The number of amides is 2. The second kappa shape index (κ2) is 9.28. The number of nitrogens with zero attached hydrogens (tertiary/aromatic N) is 2. The summed E-state index contributed by atoms with van der Waals surface area (Å²) in [6.45, 7) is 3.66. The van der Waals surface area contributed by atoms with E-state index in [1.165, 1.54) is 17.0 Å². The minimum atomic E-state index is -0.433. The number of rotatable bonds is 7. The predicted octanol–water partition coefficient (Wildman–Crippen LogP) is 2.36. The van der Waals surface area contributed by atoms with Crippen molar-refractivity contribution < 1.29 is 23.5 Å². The highest BCUT2D eigenvalue weighted by atomic mass is 19.1. The number of nitrogens with one attached hydrogen (secondary N) is 1. The topological polar surface area (TPSA) is 71.1 Å². The molecule has 2 aromatic rings. The summed E-state index contributed by atoms with van der Waals surface area (Å²) in [6.07, 6.45) is 0. The molecule has 1 N–H and O–H groups in total. The molecule has 0 unspecified atom stereocenters. The van der Waals surface area contributed by atoms with Crippen LogP contribution in [0.3, 0.4) is 0 Å². The van der Waals surface area contributed by atoms with Gasteiger partial charge in [0.1, 0.15) is 17.3 Å². The number of benzene rings is 2. The summed E-state index contributed by atoms with van der Waals surface area (Å²) in [6, 6.07) is 12.7. The van der Waals surface area contributed by atoms with Crippen LogP contribution >= 0.6 is 0 Å². The minimum Gasteiger partial charge on any atom is -0.497 e. The lowest BCUT2D eigenvalue weighted by Gasteiger charge is -2.28. The van der Waals surface area contributed by atoms with Gasteiger partial charge in [0.05, 0.1) is 25.9 Å². The van der Waals surface area contributed by atoms with Crippen molar-refractivity contribution in [3.63, 3.8) is 0 Å². The predicted molar refractivity (Wildman–Crippen MR) is 114 cm³/mol. The van der Waals surface area contributed by atoms with Gasteiger partial charge in [-0.3, -0.25) is 19.4 Å². The molecule has 0 atom stereocenters. The first-order valence-corrected chi connectivity index (χ1v) is 10.1. The maximum absolute atomic E-state index is 13.7. The first-order chi connectivity index (χ1) is 15.1. The van der Waals surface area contributed by atoms with Crippen molar-refractivity contribution in [2.24, 2.45) is 0 Å². The monoisotopic (exact) mass is 425 g/mol. The van der Waals surface area contributed by atoms with E-state index in [2.05, 4.69) is 10.2 Å². The SMILES string of the molecule is COc1ccc(C2=C(Nc3cccc(F)c3)C(=O)N(CCN3CCOCC3)C2=O)cc1. The summed E-state index contributed by atoms with van der Waals surface area (Å²) in [5, 5.41) is 2.97. The summed E-state index contributed by atoms with van der Waals surface area (Å²) < 4.78 is 24.2. The van der Waals surface area contributed by atoms with Crippen molar-refractivity contribution in [2.45, 2.75) is 0 Å². The molecule has 2 heterocycles. The Morgan fingerprint density at radius 2 is 1.77 bits per heavy atom. The summed E-state index contributed by atoms with van der Waals surface area (Å²) in [7, 11) is 1.56. The second-order valence-electron chi connectivity index (χ2n) is 7.33. The van der Waals surface area contributed by atoms with Crippen molar-refractivity contribution in [1.82, 2.24) is 9.80 Å². The fourth-order valence-corrected chi connectivity index (χ4v) is 3.70. The molecule has 7 nitrogen and oxygen atoms in total. The molecule has 2 amide bonds. The Morgan fingerprint density at radius 1 is 1.03 bits per heavy atom. The van der Waals surface area contributed by atoms with Crippen LogP contribution in [-0.4, -0.2) is 68.1 Å². The molecular weight excluding hydrogens is 401 g/mol. The van der Waals surface area contributed by atoms with E-state index in [9.17, 15) is 14.0 Å². The van der Waals surface area contributed by atoms with Crippen LogP contribution in [-0.2, 0) is 14.3 Å². The zero-order valence-corrected chi connectivity index (χ0v) is 17.3. The smallest absolute Gasteiger partial charge is 0.278 e. The van der Waals surface area contributed by atoms with Crippen LogP contribution in [0.5, 0.6) is 5.75 Å². The van der Waals surface area contributed by atoms with E-state index in [-0.39, 0.29) is 23.7 Å². The summed E-state index contributed by atoms with van der Waals surface area (Å²) in [5.74, 6) is -0.585. The molecule has 0 aromatic heterocycles. The van der Waals surface area contributed by atoms with Gasteiger partial charge in [0.25, 0.3) is 11.8 Å². The Kier molecular flexibility index (Phi) is 6.29. The van der Waals surface area contributed by atoms with Gasteiger partial charge in [0.2, 0.25) is 0 Å². The molecule has 2 aromatic carbocycles. The zero-order valence-electron chi connectivity index (χ0n) is 17.3. The molecule has 0 bridgehead atoms. The molecule has 0 aliphatic carbocycles. The summed E-state index contributed by atoms with van der Waals surface area (Å²) in [5.41, 5.74) is 1.39. The van der Waals surface area contributed by atoms with Gasteiger partial charge in [-0.1, -0.05) is 18.2 Å². The van der Waals surface area contributed by atoms with E-state index >= 15 is 0 Å². The van der Waals surface area contributed by atoms with Crippen LogP contribution in [0.1, 0.15) is 5.56 Å². The first kappa shape index (κ1) is 21.0. The second-order valence-corrected chi connectivity index (χ2v) is 7.33. The summed E-state index contributed by atoms with van der Waals surface area (Å²) >= 11 is 0. The molecule has 1 fully saturated rings. The van der Waals surface area contributed by atoms with Crippen LogP contribution < -0.4 is 10.1 Å². The van der Waals surface area contributed by atoms with Gasteiger partial charge < -0.3 is 14.8 Å². The Morgan fingerprint density at radius 3 is 2.45 bits per heavy atom. The highest BCUT2D eigenvalue weighted by Crippen LogP contribution is 2.31. The van der Waals surface area contributed by atoms with Crippen molar-refractivity contribution in [2.75, 3.05) is 51.8 Å². The van der Waals surface area contributed by atoms with Gasteiger partial charge in [-0.2, -0.15) is 0 Å². The van der Waals surface area contributed by atoms with Gasteiger partial charge in [0.15, 0.2) is 0 Å². The number of carbonyl (C=O) groups excluding carboxylic acids is 2.